The summed E-state index contributed by atoms with van der Waals surface area (Å²) in [6.07, 6.45) is 0.385. The van der Waals surface area contributed by atoms with E-state index in [0.717, 1.165) is 20.9 Å². The van der Waals surface area contributed by atoms with Gasteiger partial charge in [-0.3, -0.25) is 4.79 Å². The summed E-state index contributed by atoms with van der Waals surface area (Å²) in [6, 6.07) is 7.74. The Morgan fingerprint density at radius 3 is 2.74 bits per heavy atom. The van der Waals surface area contributed by atoms with Crippen LogP contribution in [0.5, 0.6) is 0 Å². The minimum atomic E-state index is 0.00123. The van der Waals surface area contributed by atoms with Crippen LogP contribution < -0.4 is 10.6 Å². The van der Waals surface area contributed by atoms with Crippen molar-refractivity contribution in [2.75, 3.05) is 12.4 Å². The fourth-order valence-electron chi connectivity index (χ4n) is 1.54. The molecule has 0 fully saturated rings. The second-order valence-electron chi connectivity index (χ2n) is 3.97. The Balaban J connectivity index is 1.82. The highest BCUT2D eigenvalue weighted by Crippen LogP contribution is 2.14. The van der Waals surface area contributed by atoms with Crippen LogP contribution in [0.4, 0.5) is 5.13 Å². The lowest BCUT2D eigenvalue weighted by atomic mass is 10.1. The number of carbonyl (C=O) groups excluding carboxylic acids is 1. The van der Waals surface area contributed by atoms with Crippen molar-refractivity contribution in [1.29, 1.82) is 0 Å². The second-order valence-corrected chi connectivity index (χ2v) is 5.75. The van der Waals surface area contributed by atoms with Crippen molar-refractivity contribution in [2.45, 2.75) is 13.0 Å². The van der Waals surface area contributed by atoms with E-state index in [9.17, 15) is 4.79 Å². The Bertz CT molecular complexity index is 553. The number of nitrogens with one attached hydrogen (secondary N) is 2. The molecule has 1 heterocycles. The molecule has 0 saturated carbocycles. The van der Waals surface area contributed by atoms with E-state index in [1.807, 2.05) is 36.7 Å². The third-order valence-corrected chi connectivity index (χ3v) is 3.95. The van der Waals surface area contributed by atoms with Gasteiger partial charge >= 0.3 is 0 Å². The van der Waals surface area contributed by atoms with Gasteiger partial charge in [-0.25, -0.2) is 4.98 Å². The first-order valence-corrected chi connectivity index (χ1v) is 7.48. The summed E-state index contributed by atoms with van der Waals surface area (Å²) in [5, 5.41) is 8.63. The molecule has 4 nitrogen and oxygen atoms in total. The van der Waals surface area contributed by atoms with Crippen molar-refractivity contribution >= 4 is 38.3 Å². The molecule has 2 aromatic rings. The third-order valence-electron chi connectivity index (χ3n) is 2.51. The highest BCUT2D eigenvalue weighted by Gasteiger charge is 2.05. The minimum absolute atomic E-state index is 0.00123. The standard InChI is InChI=1S/C13H14BrN3OS/c1-15-13-17-11(8-19-13)7-16-12(18)6-9-2-4-10(14)5-3-9/h2-5,8H,6-7H2,1H3,(H,15,17)(H,16,18). The van der Waals surface area contributed by atoms with Crippen molar-refractivity contribution in [1.82, 2.24) is 10.3 Å². The van der Waals surface area contributed by atoms with Crippen LogP contribution in [0.15, 0.2) is 34.1 Å². The normalized spacial score (nSPS) is 10.2. The summed E-state index contributed by atoms with van der Waals surface area (Å²) in [5.74, 6) is 0.00123. The molecular formula is C13H14BrN3OS. The van der Waals surface area contributed by atoms with E-state index in [4.69, 9.17) is 0 Å². The van der Waals surface area contributed by atoms with E-state index in [1.54, 1.807) is 0 Å². The molecule has 2 N–H and O–H groups in total. The second kappa shape index (κ2) is 6.68. The van der Waals surface area contributed by atoms with Crippen LogP contribution in [0, 0.1) is 0 Å². The Kier molecular flexibility index (Phi) is 4.93. The van der Waals surface area contributed by atoms with Gasteiger partial charge in [0.05, 0.1) is 18.7 Å². The number of rotatable bonds is 5. The van der Waals surface area contributed by atoms with Gasteiger partial charge in [0.2, 0.25) is 5.91 Å². The Morgan fingerprint density at radius 1 is 1.37 bits per heavy atom. The van der Waals surface area contributed by atoms with Gasteiger partial charge in [-0.2, -0.15) is 0 Å². The topological polar surface area (TPSA) is 54.0 Å². The summed E-state index contributed by atoms with van der Waals surface area (Å²) >= 11 is 4.90. The number of hydrogen-bond donors (Lipinski definition) is 2. The summed E-state index contributed by atoms with van der Waals surface area (Å²) < 4.78 is 1.01. The molecule has 2 rings (SSSR count). The van der Waals surface area contributed by atoms with E-state index >= 15 is 0 Å². The third kappa shape index (κ3) is 4.33. The lowest BCUT2D eigenvalue weighted by Crippen LogP contribution is -2.24. The monoisotopic (exact) mass is 339 g/mol. The van der Waals surface area contributed by atoms with Crippen molar-refractivity contribution < 1.29 is 4.79 Å². The Morgan fingerprint density at radius 2 is 2.11 bits per heavy atom. The van der Waals surface area contributed by atoms with Crippen LogP contribution >= 0.6 is 27.3 Å². The molecule has 1 amide bonds. The van der Waals surface area contributed by atoms with Crippen LogP contribution in [0.25, 0.3) is 0 Å². The highest BCUT2D eigenvalue weighted by atomic mass is 79.9. The number of hydrogen-bond acceptors (Lipinski definition) is 4. The molecule has 100 valence electrons. The molecule has 19 heavy (non-hydrogen) atoms. The average Bonchev–Trinajstić information content (AvgIpc) is 2.87. The van der Waals surface area contributed by atoms with Gasteiger partial charge in [0.1, 0.15) is 0 Å². The number of halogens is 1. The number of thiazole rings is 1. The van der Waals surface area contributed by atoms with E-state index in [1.165, 1.54) is 11.3 Å². The first-order valence-electron chi connectivity index (χ1n) is 5.80. The average molecular weight is 340 g/mol. The highest BCUT2D eigenvalue weighted by molar-refractivity contribution is 9.10. The van der Waals surface area contributed by atoms with Crippen LogP contribution in [0.2, 0.25) is 0 Å². The lowest BCUT2D eigenvalue weighted by molar-refractivity contribution is -0.120. The maximum atomic E-state index is 11.8. The summed E-state index contributed by atoms with van der Waals surface area (Å²) in [7, 11) is 1.83. The van der Waals surface area contributed by atoms with Crippen molar-refractivity contribution in [3.8, 4) is 0 Å². The van der Waals surface area contributed by atoms with Crippen molar-refractivity contribution in [3.63, 3.8) is 0 Å². The molecule has 0 atom stereocenters. The zero-order valence-electron chi connectivity index (χ0n) is 10.4. The molecule has 6 heteroatoms. The number of carbonyl (C=O) groups is 1. The molecule has 0 aliphatic rings. The largest absolute Gasteiger partial charge is 0.365 e. The van der Waals surface area contributed by atoms with Gasteiger partial charge < -0.3 is 10.6 Å². The maximum Gasteiger partial charge on any atom is 0.224 e. The van der Waals surface area contributed by atoms with E-state index in [-0.39, 0.29) is 5.91 Å². The van der Waals surface area contributed by atoms with Gasteiger partial charge in [-0.1, -0.05) is 28.1 Å². The predicted octanol–water partition coefficient (Wildman–Crippen LogP) is 2.81. The smallest absolute Gasteiger partial charge is 0.224 e. The number of nitrogens with zero attached hydrogens (tertiary/aromatic N) is 1. The van der Waals surface area contributed by atoms with Crippen molar-refractivity contribution in [3.05, 3.63) is 45.4 Å². The van der Waals surface area contributed by atoms with Gasteiger partial charge in [0, 0.05) is 16.9 Å². The van der Waals surface area contributed by atoms with Gasteiger partial charge in [0.25, 0.3) is 0 Å². The fraction of sp³-hybridized carbons (Fsp3) is 0.231. The Hall–Kier alpha value is -1.40. The number of benzene rings is 1. The van der Waals surface area contributed by atoms with Crippen LogP contribution in [0.3, 0.4) is 0 Å². The summed E-state index contributed by atoms with van der Waals surface area (Å²) in [5.41, 5.74) is 1.87. The van der Waals surface area contributed by atoms with E-state index < -0.39 is 0 Å². The van der Waals surface area contributed by atoms with Crippen LogP contribution in [-0.2, 0) is 17.8 Å². The van der Waals surface area contributed by atoms with Crippen molar-refractivity contribution in [2.24, 2.45) is 0 Å². The van der Waals surface area contributed by atoms with Gasteiger partial charge in [0.15, 0.2) is 5.13 Å². The summed E-state index contributed by atoms with van der Waals surface area (Å²) in [4.78, 5) is 16.1. The first kappa shape index (κ1) is 14.0. The van der Waals surface area contributed by atoms with E-state index in [2.05, 4.69) is 31.5 Å². The molecule has 1 aromatic heterocycles. The molecule has 0 aliphatic heterocycles. The molecule has 0 radical (unpaired) electrons. The molecule has 0 unspecified atom stereocenters. The van der Waals surface area contributed by atoms with E-state index in [0.29, 0.717) is 13.0 Å². The molecule has 0 bridgehead atoms. The maximum absolute atomic E-state index is 11.8. The molecule has 0 saturated heterocycles. The summed E-state index contributed by atoms with van der Waals surface area (Å²) in [6.45, 7) is 0.466. The molecular weight excluding hydrogens is 326 g/mol. The number of aromatic nitrogens is 1. The number of anilines is 1. The Labute approximate surface area is 124 Å². The van der Waals surface area contributed by atoms with Crippen LogP contribution in [-0.4, -0.2) is 17.9 Å². The predicted molar refractivity (Wildman–Crippen MR) is 81.4 cm³/mol. The molecule has 0 aliphatic carbocycles. The fourth-order valence-corrected chi connectivity index (χ4v) is 2.48. The number of amides is 1. The van der Waals surface area contributed by atoms with Gasteiger partial charge in [-0.15, -0.1) is 11.3 Å². The lowest BCUT2D eigenvalue weighted by Gasteiger charge is -2.03. The quantitative estimate of drug-likeness (QED) is 0.880. The minimum Gasteiger partial charge on any atom is -0.365 e. The zero-order chi connectivity index (χ0) is 13.7. The first-order chi connectivity index (χ1) is 9.17. The SMILES string of the molecule is CNc1nc(CNC(=O)Cc2ccc(Br)cc2)cs1. The van der Waals surface area contributed by atoms with Crippen LogP contribution in [0.1, 0.15) is 11.3 Å². The van der Waals surface area contributed by atoms with Gasteiger partial charge in [-0.05, 0) is 17.7 Å². The molecule has 1 aromatic carbocycles. The zero-order valence-corrected chi connectivity index (χ0v) is 12.8. The molecule has 0 spiro atoms.